The van der Waals surface area contributed by atoms with Gasteiger partial charge >= 0.3 is 0 Å². The molecule has 0 aliphatic carbocycles. The predicted octanol–water partition coefficient (Wildman–Crippen LogP) is 2.10. The van der Waals surface area contributed by atoms with Gasteiger partial charge in [0, 0.05) is 25.7 Å². The number of anilines is 1. The fourth-order valence-corrected chi connectivity index (χ4v) is 1.90. The van der Waals surface area contributed by atoms with Crippen LogP contribution in [0.5, 0.6) is 0 Å². The molecule has 0 unspecified atom stereocenters. The standard InChI is InChI=1S/C15H20N4/c1-3-12-4-6-13(7-5-12)14-8-9-15(18-17-14)19(2)11-10-16/h4-9H,3,10-11,16H2,1-2H3. The molecule has 0 aliphatic rings. The molecule has 2 rings (SSSR count). The van der Waals surface area contributed by atoms with Crippen molar-refractivity contribution < 1.29 is 0 Å². The third kappa shape index (κ3) is 3.29. The maximum atomic E-state index is 5.53. The first-order valence-corrected chi connectivity index (χ1v) is 6.59. The average molecular weight is 256 g/mol. The minimum Gasteiger partial charge on any atom is -0.357 e. The SMILES string of the molecule is CCc1ccc(-c2ccc(N(C)CCN)nn2)cc1. The molecule has 0 amide bonds. The van der Waals surface area contributed by atoms with Gasteiger partial charge in [-0.2, -0.15) is 0 Å². The Morgan fingerprint density at radius 1 is 1.05 bits per heavy atom. The van der Waals surface area contributed by atoms with Gasteiger partial charge in [-0.3, -0.25) is 0 Å². The monoisotopic (exact) mass is 256 g/mol. The van der Waals surface area contributed by atoms with E-state index >= 15 is 0 Å². The molecule has 4 nitrogen and oxygen atoms in total. The van der Waals surface area contributed by atoms with Crippen LogP contribution in [0.2, 0.25) is 0 Å². The second kappa shape index (κ2) is 6.29. The van der Waals surface area contributed by atoms with E-state index in [9.17, 15) is 0 Å². The molecule has 1 aromatic heterocycles. The lowest BCUT2D eigenvalue weighted by molar-refractivity contribution is 0.848. The van der Waals surface area contributed by atoms with Crippen LogP contribution in [-0.2, 0) is 6.42 Å². The van der Waals surface area contributed by atoms with E-state index in [1.807, 2.05) is 24.1 Å². The number of rotatable bonds is 5. The lowest BCUT2D eigenvalue weighted by Crippen LogP contribution is -2.25. The number of hydrogen-bond donors (Lipinski definition) is 1. The largest absolute Gasteiger partial charge is 0.357 e. The number of hydrogen-bond acceptors (Lipinski definition) is 4. The minimum absolute atomic E-state index is 0.610. The lowest BCUT2D eigenvalue weighted by atomic mass is 10.1. The Labute approximate surface area is 114 Å². The van der Waals surface area contributed by atoms with Crippen LogP contribution in [-0.4, -0.2) is 30.3 Å². The van der Waals surface area contributed by atoms with Crippen LogP contribution < -0.4 is 10.6 Å². The molecule has 1 aromatic carbocycles. The molecule has 2 aromatic rings. The summed E-state index contributed by atoms with van der Waals surface area (Å²) in [4.78, 5) is 2.00. The first-order valence-electron chi connectivity index (χ1n) is 6.59. The zero-order chi connectivity index (χ0) is 13.7. The Hall–Kier alpha value is -1.94. The van der Waals surface area contributed by atoms with Gasteiger partial charge in [0.25, 0.3) is 0 Å². The summed E-state index contributed by atoms with van der Waals surface area (Å²) < 4.78 is 0. The van der Waals surface area contributed by atoms with Crippen molar-refractivity contribution in [1.29, 1.82) is 0 Å². The molecule has 4 heteroatoms. The number of likely N-dealkylation sites (N-methyl/N-ethyl adjacent to an activating group) is 1. The van der Waals surface area contributed by atoms with Gasteiger partial charge in [-0.1, -0.05) is 31.2 Å². The maximum Gasteiger partial charge on any atom is 0.151 e. The van der Waals surface area contributed by atoms with E-state index in [4.69, 9.17) is 5.73 Å². The molecule has 0 fully saturated rings. The van der Waals surface area contributed by atoms with Crippen molar-refractivity contribution in [3.63, 3.8) is 0 Å². The Morgan fingerprint density at radius 2 is 1.79 bits per heavy atom. The highest BCUT2D eigenvalue weighted by Gasteiger charge is 2.04. The van der Waals surface area contributed by atoms with E-state index < -0.39 is 0 Å². The first kappa shape index (κ1) is 13.5. The summed E-state index contributed by atoms with van der Waals surface area (Å²) >= 11 is 0. The molecular formula is C15H20N4. The number of aryl methyl sites for hydroxylation is 1. The van der Waals surface area contributed by atoms with Gasteiger partial charge in [0.05, 0.1) is 5.69 Å². The molecule has 0 bridgehead atoms. The van der Waals surface area contributed by atoms with Gasteiger partial charge in [0.15, 0.2) is 5.82 Å². The van der Waals surface area contributed by atoms with Gasteiger partial charge in [0.1, 0.15) is 0 Å². The topological polar surface area (TPSA) is 55.0 Å². The summed E-state index contributed by atoms with van der Waals surface area (Å²) in [5.41, 5.74) is 8.85. The average Bonchev–Trinajstić information content (AvgIpc) is 2.48. The smallest absolute Gasteiger partial charge is 0.151 e. The molecule has 19 heavy (non-hydrogen) atoms. The molecule has 0 spiro atoms. The fourth-order valence-electron chi connectivity index (χ4n) is 1.90. The van der Waals surface area contributed by atoms with Crippen LogP contribution in [0.25, 0.3) is 11.3 Å². The first-order chi connectivity index (χ1) is 9.24. The Morgan fingerprint density at radius 3 is 2.32 bits per heavy atom. The highest BCUT2D eigenvalue weighted by Crippen LogP contribution is 2.18. The van der Waals surface area contributed by atoms with Crippen LogP contribution in [0, 0.1) is 0 Å². The molecule has 0 saturated carbocycles. The number of nitrogens with two attached hydrogens (primary N) is 1. The number of aromatic nitrogens is 2. The van der Waals surface area contributed by atoms with Crippen molar-refractivity contribution in [2.45, 2.75) is 13.3 Å². The highest BCUT2D eigenvalue weighted by atomic mass is 15.2. The molecule has 1 heterocycles. The van der Waals surface area contributed by atoms with E-state index in [-0.39, 0.29) is 0 Å². The van der Waals surface area contributed by atoms with Crippen LogP contribution in [0.3, 0.4) is 0 Å². The van der Waals surface area contributed by atoms with Gasteiger partial charge in [0.2, 0.25) is 0 Å². The summed E-state index contributed by atoms with van der Waals surface area (Å²) in [7, 11) is 1.96. The van der Waals surface area contributed by atoms with E-state index in [2.05, 4.69) is 41.4 Å². The minimum atomic E-state index is 0.610. The molecule has 2 N–H and O–H groups in total. The Balaban J connectivity index is 2.17. The molecule has 100 valence electrons. The van der Waals surface area contributed by atoms with Gasteiger partial charge in [-0.05, 0) is 24.1 Å². The Kier molecular flexibility index (Phi) is 4.47. The maximum absolute atomic E-state index is 5.53. The zero-order valence-electron chi connectivity index (χ0n) is 11.5. The van der Waals surface area contributed by atoms with Crippen molar-refractivity contribution >= 4 is 5.82 Å². The van der Waals surface area contributed by atoms with Crippen molar-refractivity contribution in [1.82, 2.24) is 10.2 Å². The number of benzene rings is 1. The van der Waals surface area contributed by atoms with Crippen molar-refractivity contribution in [2.24, 2.45) is 5.73 Å². The number of nitrogens with zero attached hydrogens (tertiary/aromatic N) is 3. The normalized spacial score (nSPS) is 10.5. The quantitative estimate of drug-likeness (QED) is 0.890. The summed E-state index contributed by atoms with van der Waals surface area (Å²) in [6.45, 7) is 3.54. The third-order valence-corrected chi connectivity index (χ3v) is 3.16. The summed E-state index contributed by atoms with van der Waals surface area (Å²) in [6.07, 6.45) is 1.05. The van der Waals surface area contributed by atoms with Crippen molar-refractivity contribution in [3.8, 4) is 11.3 Å². The van der Waals surface area contributed by atoms with E-state index in [1.165, 1.54) is 5.56 Å². The summed E-state index contributed by atoms with van der Waals surface area (Å²) in [5, 5.41) is 8.51. The second-order valence-corrected chi connectivity index (χ2v) is 4.54. The van der Waals surface area contributed by atoms with Crippen LogP contribution in [0.1, 0.15) is 12.5 Å². The van der Waals surface area contributed by atoms with Crippen LogP contribution >= 0.6 is 0 Å². The third-order valence-electron chi connectivity index (χ3n) is 3.16. The van der Waals surface area contributed by atoms with Crippen molar-refractivity contribution in [3.05, 3.63) is 42.0 Å². The molecule has 0 aliphatic heterocycles. The predicted molar refractivity (Wildman–Crippen MR) is 79.2 cm³/mol. The van der Waals surface area contributed by atoms with Gasteiger partial charge in [-0.25, -0.2) is 0 Å². The molecule has 0 saturated heterocycles. The van der Waals surface area contributed by atoms with Gasteiger partial charge < -0.3 is 10.6 Å². The summed E-state index contributed by atoms with van der Waals surface area (Å²) in [6, 6.07) is 12.4. The zero-order valence-corrected chi connectivity index (χ0v) is 11.5. The second-order valence-electron chi connectivity index (χ2n) is 4.54. The highest BCUT2D eigenvalue weighted by molar-refractivity contribution is 5.60. The van der Waals surface area contributed by atoms with E-state index in [0.717, 1.165) is 30.0 Å². The Bertz CT molecular complexity index is 505. The fraction of sp³-hybridized carbons (Fsp3) is 0.333. The van der Waals surface area contributed by atoms with Gasteiger partial charge in [-0.15, -0.1) is 10.2 Å². The van der Waals surface area contributed by atoms with Crippen LogP contribution in [0.4, 0.5) is 5.82 Å². The molecule has 0 radical (unpaired) electrons. The molecule has 0 atom stereocenters. The van der Waals surface area contributed by atoms with Crippen LogP contribution in [0.15, 0.2) is 36.4 Å². The molecular weight excluding hydrogens is 236 g/mol. The van der Waals surface area contributed by atoms with E-state index in [0.29, 0.717) is 6.54 Å². The lowest BCUT2D eigenvalue weighted by Gasteiger charge is -2.16. The summed E-state index contributed by atoms with van der Waals surface area (Å²) in [5.74, 6) is 0.847. The van der Waals surface area contributed by atoms with E-state index in [1.54, 1.807) is 0 Å². The van der Waals surface area contributed by atoms with Crippen molar-refractivity contribution in [2.75, 3.05) is 25.0 Å².